The van der Waals surface area contributed by atoms with E-state index in [1.807, 2.05) is 0 Å². The van der Waals surface area contributed by atoms with Crippen LogP contribution in [0.25, 0.3) is 0 Å². The number of hydrogen-bond acceptors (Lipinski definition) is 4. The van der Waals surface area contributed by atoms with Crippen LogP contribution < -0.4 is 0 Å². The fourth-order valence-electron chi connectivity index (χ4n) is 1.60. The molecular formula is C10H10N2O4. The maximum atomic E-state index is 11.2. The van der Waals surface area contributed by atoms with E-state index in [-0.39, 0.29) is 30.8 Å². The molecule has 2 aliphatic rings. The molecule has 0 aromatic rings. The van der Waals surface area contributed by atoms with Gasteiger partial charge in [-0.05, 0) is 6.08 Å². The lowest BCUT2D eigenvalue weighted by Crippen LogP contribution is -2.42. The Morgan fingerprint density at radius 2 is 1.62 bits per heavy atom. The van der Waals surface area contributed by atoms with Crippen molar-refractivity contribution in [2.24, 2.45) is 0 Å². The van der Waals surface area contributed by atoms with Gasteiger partial charge in [0.2, 0.25) is 5.91 Å². The second kappa shape index (κ2) is 3.90. The summed E-state index contributed by atoms with van der Waals surface area (Å²) in [5.41, 5.74) is 0. The van der Waals surface area contributed by atoms with Crippen molar-refractivity contribution >= 4 is 17.7 Å². The topological polar surface area (TPSA) is 77.9 Å². The average Bonchev–Trinajstić information content (AvgIpc) is 2.72. The Kier molecular flexibility index (Phi) is 2.57. The SMILES string of the molecule is O=C1C=CC(=O)N1CCN1C(=O)C=CC1O. The highest BCUT2D eigenvalue weighted by Gasteiger charge is 2.27. The smallest absolute Gasteiger partial charge is 0.253 e. The van der Waals surface area contributed by atoms with Crippen molar-refractivity contribution in [3.05, 3.63) is 24.3 Å². The van der Waals surface area contributed by atoms with Crippen LogP contribution in [0.1, 0.15) is 0 Å². The molecule has 2 rings (SSSR count). The molecule has 0 aromatic heterocycles. The van der Waals surface area contributed by atoms with E-state index in [0.717, 1.165) is 4.90 Å². The first kappa shape index (κ1) is 10.6. The van der Waals surface area contributed by atoms with Crippen LogP contribution in [-0.4, -0.2) is 51.9 Å². The van der Waals surface area contributed by atoms with Gasteiger partial charge in [-0.3, -0.25) is 19.3 Å². The minimum Gasteiger partial charge on any atom is -0.370 e. The van der Waals surface area contributed by atoms with Gasteiger partial charge in [0.05, 0.1) is 0 Å². The van der Waals surface area contributed by atoms with Crippen LogP contribution in [0.3, 0.4) is 0 Å². The summed E-state index contributed by atoms with van der Waals surface area (Å²) in [4.78, 5) is 35.8. The Balaban J connectivity index is 1.91. The first-order chi connectivity index (χ1) is 7.59. The third-order valence-electron chi connectivity index (χ3n) is 2.48. The van der Waals surface area contributed by atoms with E-state index in [9.17, 15) is 19.5 Å². The molecule has 1 N–H and O–H groups in total. The van der Waals surface area contributed by atoms with Crippen LogP contribution in [0.4, 0.5) is 0 Å². The van der Waals surface area contributed by atoms with Crippen LogP contribution in [0, 0.1) is 0 Å². The summed E-state index contributed by atoms with van der Waals surface area (Å²) in [6, 6.07) is 0. The number of imide groups is 1. The predicted molar refractivity (Wildman–Crippen MR) is 52.7 cm³/mol. The summed E-state index contributed by atoms with van der Waals surface area (Å²) in [5.74, 6) is -1.10. The Morgan fingerprint density at radius 3 is 2.12 bits per heavy atom. The maximum Gasteiger partial charge on any atom is 0.253 e. The van der Waals surface area contributed by atoms with Gasteiger partial charge in [-0.2, -0.15) is 0 Å². The lowest BCUT2D eigenvalue weighted by molar-refractivity contribution is -0.140. The largest absolute Gasteiger partial charge is 0.370 e. The number of rotatable bonds is 3. The van der Waals surface area contributed by atoms with Crippen molar-refractivity contribution in [1.82, 2.24) is 9.80 Å². The summed E-state index contributed by atoms with van der Waals surface area (Å²) in [6.07, 6.45) is 4.02. The van der Waals surface area contributed by atoms with Gasteiger partial charge in [0.15, 0.2) is 0 Å². The van der Waals surface area contributed by atoms with Crippen molar-refractivity contribution in [2.75, 3.05) is 13.1 Å². The molecule has 0 spiro atoms. The van der Waals surface area contributed by atoms with E-state index < -0.39 is 6.23 Å². The highest BCUT2D eigenvalue weighted by Crippen LogP contribution is 2.09. The molecule has 1 unspecified atom stereocenters. The molecule has 6 heteroatoms. The van der Waals surface area contributed by atoms with Crippen LogP contribution in [0.15, 0.2) is 24.3 Å². The molecule has 16 heavy (non-hydrogen) atoms. The number of aliphatic hydroxyl groups is 1. The van der Waals surface area contributed by atoms with E-state index in [2.05, 4.69) is 0 Å². The third kappa shape index (κ3) is 1.74. The summed E-state index contributed by atoms with van der Waals surface area (Å²) in [7, 11) is 0. The fourth-order valence-corrected chi connectivity index (χ4v) is 1.60. The summed E-state index contributed by atoms with van der Waals surface area (Å²) >= 11 is 0. The van der Waals surface area contributed by atoms with Gasteiger partial charge in [0, 0.05) is 31.3 Å². The van der Waals surface area contributed by atoms with E-state index in [4.69, 9.17) is 0 Å². The molecule has 2 aliphatic heterocycles. The number of hydrogen-bond donors (Lipinski definition) is 1. The lowest BCUT2D eigenvalue weighted by atomic mass is 10.4. The second-order valence-electron chi connectivity index (χ2n) is 3.47. The Hall–Kier alpha value is -1.95. The number of amides is 3. The van der Waals surface area contributed by atoms with Gasteiger partial charge in [-0.25, -0.2) is 0 Å². The summed E-state index contributed by atoms with van der Waals surface area (Å²) in [5, 5.41) is 9.38. The highest BCUT2D eigenvalue weighted by atomic mass is 16.3. The lowest BCUT2D eigenvalue weighted by Gasteiger charge is -2.23. The van der Waals surface area contributed by atoms with E-state index in [0.29, 0.717) is 0 Å². The van der Waals surface area contributed by atoms with Crippen molar-refractivity contribution in [3.8, 4) is 0 Å². The van der Waals surface area contributed by atoms with Crippen molar-refractivity contribution in [1.29, 1.82) is 0 Å². The molecule has 0 aliphatic carbocycles. The zero-order valence-corrected chi connectivity index (χ0v) is 8.37. The Morgan fingerprint density at radius 1 is 1.00 bits per heavy atom. The van der Waals surface area contributed by atoms with Gasteiger partial charge in [-0.1, -0.05) is 0 Å². The van der Waals surface area contributed by atoms with Gasteiger partial charge < -0.3 is 10.0 Å². The monoisotopic (exact) mass is 222 g/mol. The number of carbonyl (C=O) groups excluding carboxylic acids is 3. The Labute approximate surface area is 91.4 Å². The maximum absolute atomic E-state index is 11.2. The molecule has 1 atom stereocenters. The average molecular weight is 222 g/mol. The molecule has 0 radical (unpaired) electrons. The summed E-state index contributed by atoms with van der Waals surface area (Å²) in [6.45, 7) is 0.224. The third-order valence-corrected chi connectivity index (χ3v) is 2.48. The highest BCUT2D eigenvalue weighted by molar-refractivity contribution is 6.12. The van der Waals surface area contributed by atoms with Gasteiger partial charge in [-0.15, -0.1) is 0 Å². The molecule has 0 bridgehead atoms. The minimum absolute atomic E-state index is 0.0924. The standard InChI is InChI=1S/C10H10N2O4/c13-7-1-2-8(14)11(7)5-6-12-9(15)3-4-10(12)16/h1-4,7,13H,5-6H2. The summed E-state index contributed by atoms with van der Waals surface area (Å²) < 4.78 is 0. The van der Waals surface area contributed by atoms with Crippen LogP contribution in [0.5, 0.6) is 0 Å². The molecule has 6 nitrogen and oxygen atoms in total. The van der Waals surface area contributed by atoms with Crippen molar-refractivity contribution in [3.63, 3.8) is 0 Å². The zero-order chi connectivity index (χ0) is 11.7. The van der Waals surface area contributed by atoms with E-state index in [1.54, 1.807) is 0 Å². The number of nitrogens with zero attached hydrogens (tertiary/aromatic N) is 2. The zero-order valence-electron chi connectivity index (χ0n) is 8.37. The van der Waals surface area contributed by atoms with Gasteiger partial charge in [0.1, 0.15) is 6.23 Å². The van der Waals surface area contributed by atoms with Crippen molar-refractivity contribution in [2.45, 2.75) is 6.23 Å². The van der Waals surface area contributed by atoms with Crippen molar-refractivity contribution < 1.29 is 19.5 Å². The quantitative estimate of drug-likeness (QED) is 0.597. The molecule has 84 valence electrons. The van der Waals surface area contributed by atoms with Gasteiger partial charge in [0.25, 0.3) is 11.8 Å². The van der Waals surface area contributed by atoms with E-state index in [1.165, 1.54) is 29.2 Å². The molecule has 0 saturated carbocycles. The number of aliphatic hydroxyl groups excluding tert-OH is 1. The van der Waals surface area contributed by atoms with Crippen LogP contribution in [-0.2, 0) is 14.4 Å². The van der Waals surface area contributed by atoms with Crippen LogP contribution >= 0.6 is 0 Å². The Bertz CT molecular complexity index is 395. The molecule has 3 amide bonds. The molecule has 0 fully saturated rings. The molecule has 0 aromatic carbocycles. The molecular weight excluding hydrogens is 212 g/mol. The molecule has 0 saturated heterocycles. The first-order valence-corrected chi connectivity index (χ1v) is 4.80. The fraction of sp³-hybridized carbons (Fsp3) is 0.300. The predicted octanol–water partition coefficient (Wildman–Crippen LogP) is -1.37. The van der Waals surface area contributed by atoms with E-state index >= 15 is 0 Å². The molecule has 2 heterocycles. The number of carbonyl (C=O) groups is 3. The minimum atomic E-state index is -0.965. The normalized spacial score (nSPS) is 24.1. The van der Waals surface area contributed by atoms with Gasteiger partial charge >= 0.3 is 0 Å². The second-order valence-corrected chi connectivity index (χ2v) is 3.47. The first-order valence-electron chi connectivity index (χ1n) is 4.80. The van der Waals surface area contributed by atoms with Crippen LogP contribution in [0.2, 0.25) is 0 Å².